The van der Waals surface area contributed by atoms with Crippen LogP contribution in [0.5, 0.6) is 11.5 Å². The van der Waals surface area contributed by atoms with E-state index in [1.807, 2.05) is 0 Å². The third kappa shape index (κ3) is 5.37. The Balaban J connectivity index is 1.81. The predicted octanol–water partition coefficient (Wildman–Crippen LogP) is 3.35. The summed E-state index contributed by atoms with van der Waals surface area (Å²) in [5.74, 6) is 0.522. The van der Waals surface area contributed by atoms with E-state index in [-0.39, 0.29) is 22.9 Å². The van der Waals surface area contributed by atoms with Crippen LogP contribution in [0.25, 0.3) is 0 Å². The van der Waals surface area contributed by atoms with Crippen molar-refractivity contribution in [1.82, 2.24) is 15.1 Å². The molecule has 2 aromatic carbocycles. The average Bonchev–Trinajstić information content (AvgIpc) is 2.74. The summed E-state index contributed by atoms with van der Waals surface area (Å²) in [5, 5.41) is 10.3. The van der Waals surface area contributed by atoms with E-state index >= 15 is 0 Å². The quantitative estimate of drug-likeness (QED) is 0.534. The molecule has 0 saturated heterocycles. The first-order valence-electron chi connectivity index (χ1n) is 9.12. The molecule has 0 aliphatic carbocycles. The summed E-state index contributed by atoms with van der Waals surface area (Å²) >= 11 is 6.00. The zero-order valence-corrected chi connectivity index (χ0v) is 17.3. The van der Waals surface area contributed by atoms with E-state index in [0.29, 0.717) is 35.2 Å². The maximum absolute atomic E-state index is 12.6. The fraction of sp³-hybridized carbons (Fsp3) is 0.190. The van der Waals surface area contributed by atoms with Crippen LogP contribution in [0.4, 0.5) is 11.4 Å². The van der Waals surface area contributed by atoms with Crippen LogP contribution in [0.1, 0.15) is 10.4 Å². The van der Waals surface area contributed by atoms with Crippen molar-refractivity contribution in [3.05, 3.63) is 75.7 Å². The van der Waals surface area contributed by atoms with Crippen LogP contribution in [0.3, 0.4) is 0 Å². The Kier molecular flexibility index (Phi) is 7.05. The highest BCUT2D eigenvalue weighted by Gasteiger charge is 2.13. The van der Waals surface area contributed by atoms with Crippen molar-refractivity contribution in [1.29, 1.82) is 0 Å². The largest absolute Gasteiger partial charge is 0.453 e. The smallest absolute Gasteiger partial charge is 0.294 e. The minimum Gasteiger partial charge on any atom is -0.453 e. The van der Waals surface area contributed by atoms with Crippen molar-refractivity contribution < 1.29 is 14.3 Å². The Hall–Kier alpha value is -3.36. The van der Waals surface area contributed by atoms with Crippen LogP contribution in [-0.4, -0.2) is 35.9 Å². The summed E-state index contributed by atoms with van der Waals surface area (Å²) in [7, 11) is 3.12. The fourth-order valence-corrected chi connectivity index (χ4v) is 2.77. The van der Waals surface area contributed by atoms with E-state index in [0.717, 1.165) is 0 Å². The van der Waals surface area contributed by atoms with Crippen LogP contribution in [0.15, 0.2) is 59.5 Å². The van der Waals surface area contributed by atoms with Crippen LogP contribution < -0.4 is 20.9 Å². The lowest BCUT2D eigenvalue weighted by Gasteiger charge is -2.13. The highest BCUT2D eigenvalue weighted by molar-refractivity contribution is 6.30. The van der Waals surface area contributed by atoms with Crippen molar-refractivity contribution in [3.63, 3.8) is 0 Å². The van der Waals surface area contributed by atoms with Gasteiger partial charge in [0.2, 0.25) is 0 Å². The van der Waals surface area contributed by atoms with Crippen LogP contribution >= 0.6 is 11.6 Å². The molecule has 3 aromatic rings. The van der Waals surface area contributed by atoms with E-state index in [2.05, 4.69) is 15.7 Å². The second kappa shape index (κ2) is 9.91. The lowest BCUT2D eigenvalue weighted by molar-refractivity contribution is 0.0937. The van der Waals surface area contributed by atoms with E-state index in [1.54, 1.807) is 62.7 Å². The van der Waals surface area contributed by atoms with Crippen LogP contribution in [0.2, 0.25) is 5.02 Å². The molecule has 8 nitrogen and oxygen atoms in total. The van der Waals surface area contributed by atoms with Crippen LogP contribution in [-0.2, 0) is 11.8 Å². The number of benzene rings is 2. The van der Waals surface area contributed by atoms with Crippen molar-refractivity contribution in [2.45, 2.75) is 0 Å². The molecule has 30 heavy (non-hydrogen) atoms. The molecule has 3 rings (SSSR count). The molecule has 0 atom stereocenters. The SMILES string of the molecule is COCCNC(=O)c1ccc(Nc2c(Oc3cccc(Cl)c3)cnn(C)c2=O)cc1. The topological polar surface area (TPSA) is 94.5 Å². The molecule has 0 bridgehead atoms. The highest BCUT2D eigenvalue weighted by Crippen LogP contribution is 2.29. The number of hydrogen-bond donors (Lipinski definition) is 2. The van der Waals surface area contributed by atoms with Gasteiger partial charge in [0.05, 0.1) is 12.8 Å². The van der Waals surface area contributed by atoms with Gasteiger partial charge in [0.25, 0.3) is 11.5 Å². The number of aryl methyl sites for hydroxylation is 1. The summed E-state index contributed by atoms with van der Waals surface area (Å²) in [6.45, 7) is 0.860. The summed E-state index contributed by atoms with van der Waals surface area (Å²) in [5.41, 5.74) is 0.957. The number of anilines is 2. The van der Waals surface area contributed by atoms with Gasteiger partial charge in [-0.1, -0.05) is 17.7 Å². The van der Waals surface area contributed by atoms with Crippen LogP contribution in [0, 0.1) is 0 Å². The molecule has 0 aliphatic rings. The number of ether oxygens (including phenoxy) is 2. The number of aromatic nitrogens is 2. The third-order valence-corrected chi connectivity index (χ3v) is 4.37. The van der Waals surface area contributed by atoms with E-state index in [1.165, 1.54) is 10.9 Å². The average molecular weight is 429 g/mol. The minimum atomic E-state index is -0.365. The molecule has 1 amide bonds. The summed E-state index contributed by atoms with van der Waals surface area (Å²) in [4.78, 5) is 24.7. The summed E-state index contributed by atoms with van der Waals surface area (Å²) in [6, 6.07) is 13.6. The second-order valence-corrected chi connectivity index (χ2v) is 6.76. The normalized spacial score (nSPS) is 10.5. The molecule has 0 aliphatic heterocycles. The first-order chi connectivity index (χ1) is 14.5. The number of carbonyl (C=O) groups is 1. The van der Waals surface area contributed by atoms with Crippen molar-refractivity contribution in [2.75, 3.05) is 25.6 Å². The van der Waals surface area contributed by atoms with Gasteiger partial charge in [0, 0.05) is 37.0 Å². The monoisotopic (exact) mass is 428 g/mol. The molecule has 156 valence electrons. The van der Waals surface area contributed by atoms with Crippen molar-refractivity contribution in [3.8, 4) is 11.5 Å². The number of rotatable bonds is 8. The van der Waals surface area contributed by atoms with E-state index in [4.69, 9.17) is 21.1 Å². The Morgan fingerprint density at radius 2 is 1.97 bits per heavy atom. The number of halogens is 1. The minimum absolute atomic E-state index is 0.205. The molecule has 0 unspecified atom stereocenters. The molecule has 1 aromatic heterocycles. The maximum Gasteiger partial charge on any atom is 0.294 e. The zero-order chi connectivity index (χ0) is 21.5. The predicted molar refractivity (Wildman–Crippen MR) is 115 cm³/mol. The van der Waals surface area contributed by atoms with Gasteiger partial charge in [0.1, 0.15) is 5.75 Å². The summed E-state index contributed by atoms with van der Waals surface area (Å²) < 4.78 is 11.9. The number of carbonyl (C=O) groups excluding carboxylic acids is 1. The van der Waals surface area contributed by atoms with Gasteiger partial charge in [-0.3, -0.25) is 9.59 Å². The van der Waals surface area contributed by atoms with Gasteiger partial charge in [0.15, 0.2) is 11.4 Å². The van der Waals surface area contributed by atoms with Crippen molar-refractivity contribution in [2.24, 2.45) is 7.05 Å². The Morgan fingerprint density at radius 3 is 2.67 bits per heavy atom. The van der Waals surface area contributed by atoms with Crippen molar-refractivity contribution >= 4 is 28.9 Å². The lowest BCUT2D eigenvalue weighted by Crippen LogP contribution is -2.26. The highest BCUT2D eigenvalue weighted by atomic mass is 35.5. The number of nitrogens with zero attached hydrogens (tertiary/aromatic N) is 2. The molecule has 9 heteroatoms. The zero-order valence-electron chi connectivity index (χ0n) is 16.5. The van der Waals surface area contributed by atoms with Gasteiger partial charge >= 0.3 is 0 Å². The molecule has 1 heterocycles. The van der Waals surface area contributed by atoms with Gasteiger partial charge < -0.3 is 20.1 Å². The number of methoxy groups -OCH3 is 1. The molecular formula is C21H21ClN4O4. The molecule has 0 spiro atoms. The second-order valence-electron chi connectivity index (χ2n) is 6.32. The molecule has 0 radical (unpaired) electrons. The molecule has 0 fully saturated rings. The number of amides is 1. The molecular weight excluding hydrogens is 408 g/mol. The number of nitrogens with one attached hydrogen (secondary N) is 2. The van der Waals surface area contributed by atoms with E-state index in [9.17, 15) is 9.59 Å². The molecule has 0 saturated carbocycles. The Labute approximate surface area is 178 Å². The summed E-state index contributed by atoms with van der Waals surface area (Å²) in [6.07, 6.45) is 1.45. The number of hydrogen-bond acceptors (Lipinski definition) is 6. The first-order valence-corrected chi connectivity index (χ1v) is 9.49. The van der Waals surface area contributed by atoms with Gasteiger partial charge in [-0.2, -0.15) is 5.10 Å². The first kappa shape index (κ1) is 21.4. The standard InChI is InChI=1S/C21H21ClN4O4/c1-26-21(28)19(18(13-24-26)30-17-5-3-4-15(22)12-17)25-16-8-6-14(7-9-16)20(27)23-10-11-29-2/h3-9,12-13,25H,10-11H2,1-2H3,(H,23,27). The van der Waals surface area contributed by atoms with Gasteiger partial charge in [-0.25, -0.2) is 4.68 Å². The third-order valence-electron chi connectivity index (χ3n) is 4.13. The fourth-order valence-electron chi connectivity index (χ4n) is 2.59. The Morgan fingerprint density at radius 1 is 1.20 bits per heavy atom. The van der Waals surface area contributed by atoms with E-state index < -0.39 is 0 Å². The van der Waals surface area contributed by atoms with Gasteiger partial charge in [-0.15, -0.1) is 0 Å². The maximum atomic E-state index is 12.6. The van der Waals surface area contributed by atoms with Gasteiger partial charge in [-0.05, 0) is 42.5 Å². The molecule has 2 N–H and O–H groups in total. The lowest BCUT2D eigenvalue weighted by atomic mass is 10.2. The Bertz CT molecular complexity index is 1080.